The maximum atomic E-state index is 5.65. The Balaban J connectivity index is 1.81. The van der Waals surface area contributed by atoms with Crippen LogP contribution in [0, 0.1) is 6.92 Å². The second-order valence-corrected chi connectivity index (χ2v) is 5.28. The van der Waals surface area contributed by atoms with Crippen LogP contribution in [0.3, 0.4) is 0 Å². The Bertz CT molecular complexity index is 496. The van der Waals surface area contributed by atoms with E-state index in [1.807, 2.05) is 24.4 Å². The Morgan fingerprint density at radius 2 is 2.26 bits per heavy atom. The van der Waals surface area contributed by atoms with Crippen LogP contribution >= 0.6 is 11.3 Å². The number of hydrogen-bond acceptors (Lipinski definition) is 5. The zero-order chi connectivity index (χ0) is 13.5. The number of ether oxygens (including phenoxy) is 1. The largest absolute Gasteiger partial charge is 0.485 e. The van der Waals surface area contributed by atoms with Crippen molar-refractivity contribution in [3.05, 3.63) is 40.1 Å². The van der Waals surface area contributed by atoms with Crippen molar-refractivity contribution in [2.75, 3.05) is 6.54 Å². The van der Waals surface area contributed by atoms with Crippen LogP contribution in [0.2, 0.25) is 0 Å². The van der Waals surface area contributed by atoms with Crippen LogP contribution in [-0.2, 0) is 13.2 Å². The van der Waals surface area contributed by atoms with Gasteiger partial charge in [0.05, 0.1) is 11.9 Å². The average Bonchev–Trinajstić information content (AvgIpc) is 2.84. The molecule has 0 fully saturated rings. The average molecular weight is 277 g/mol. The minimum atomic E-state index is 0.508. The lowest BCUT2D eigenvalue weighted by atomic mass is 10.3. The van der Waals surface area contributed by atoms with Gasteiger partial charge in [-0.25, -0.2) is 4.98 Å². The van der Waals surface area contributed by atoms with Gasteiger partial charge in [-0.1, -0.05) is 6.92 Å². The molecule has 2 rings (SSSR count). The molecule has 0 bridgehead atoms. The zero-order valence-corrected chi connectivity index (χ0v) is 12.2. The quantitative estimate of drug-likeness (QED) is 0.790. The fourth-order valence-corrected chi connectivity index (χ4v) is 2.29. The van der Waals surface area contributed by atoms with Crippen molar-refractivity contribution < 1.29 is 4.74 Å². The molecule has 0 aromatic carbocycles. The molecule has 1 N–H and O–H groups in total. The maximum Gasteiger partial charge on any atom is 0.140 e. The van der Waals surface area contributed by atoms with Gasteiger partial charge < -0.3 is 10.1 Å². The molecule has 0 amide bonds. The molecule has 4 nitrogen and oxygen atoms in total. The van der Waals surface area contributed by atoms with Gasteiger partial charge in [-0.3, -0.25) is 4.98 Å². The Hall–Kier alpha value is -1.46. The summed E-state index contributed by atoms with van der Waals surface area (Å²) in [5.74, 6) is 0.784. The van der Waals surface area contributed by atoms with E-state index in [-0.39, 0.29) is 0 Å². The standard InChI is InChI=1S/C14H19N3OS/c1-3-6-15-7-12-4-5-13(8-16-12)18-9-14-17-11(2)10-19-14/h4-5,8,10,15H,3,6-7,9H2,1-2H3. The second kappa shape index (κ2) is 7.21. The number of aromatic nitrogens is 2. The van der Waals surface area contributed by atoms with E-state index in [2.05, 4.69) is 22.2 Å². The lowest BCUT2D eigenvalue weighted by Gasteiger charge is -2.05. The summed E-state index contributed by atoms with van der Waals surface area (Å²) in [5.41, 5.74) is 2.07. The first-order valence-electron chi connectivity index (χ1n) is 6.47. The maximum absolute atomic E-state index is 5.65. The van der Waals surface area contributed by atoms with E-state index in [4.69, 9.17) is 4.74 Å². The molecule has 0 saturated carbocycles. The van der Waals surface area contributed by atoms with Crippen LogP contribution in [0.4, 0.5) is 0 Å². The number of nitrogens with zero attached hydrogens (tertiary/aromatic N) is 2. The number of pyridine rings is 1. The fourth-order valence-electron chi connectivity index (χ4n) is 1.61. The molecule has 0 saturated heterocycles. The zero-order valence-electron chi connectivity index (χ0n) is 11.3. The van der Waals surface area contributed by atoms with Crippen molar-refractivity contribution in [1.29, 1.82) is 0 Å². The summed E-state index contributed by atoms with van der Waals surface area (Å²) in [7, 11) is 0. The van der Waals surface area contributed by atoms with Gasteiger partial charge in [0.2, 0.25) is 0 Å². The van der Waals surface area contributed by atoms with Gasteiger partial charge in [0, 0.05) is 17.6 Å². The molecule has 0 spiro atoms. The van der Waals surface area contributed by atoms with E-state index in [1.165, 1.54) is 0 Å². The highest BCUT2D eigenvalue weighted by Gasteiger charge is 2.01. The van der Waals surface area contributed by atoms with Crippen LogP contribution in [0.5, 0.6) is 5.75 Å². The normalized spacial score (nSPS) is 10.6. The van der Waals surface area contributed by atoms with E-state index in [1.54, 1.807) is 17.5 Å². The lowest BCUT2D eigenvalue weighted by Crippen LogP contribution is -2.14. The molecule has 19 heavy (non-hydrogen) atoms. The summed E-state index contributed by atoms with van der Waals surface area (Å²) in [6, 6.07) is 3.95. The Morgan fingerprint density at radius 1 is 1.37 bits per heavy atom. The predicted molar refractivity (Wildman–Crippen MR) is 77.4 cm³/mol. The molecule has 0 aliphatic carbocycles. The van der Waals surface area contributed by atoms with Crippen LogP contribution in [0.25, 0.3) is 0 Å². The molecule has 5 heteroatoms. The highest BCUT2D eigenvalue weighted by molar-refractivity contribution is 7.09. The molecular formula is C14H19N3OS. The van der Waals surface area contributed by atoms with Gasteiger partial charge in [0.1, 0.15) is 17.4 Å². The van der Waals surface area contributed by atoms with Crippen molar-refractivity contribution >= 4 is 11.3 Å². The summed E-state index contributed by atoms with van der Waals surface area (Å²) in [4.78, 5) is 8.72. The van der Waals surface area contributed by atoms with Crippen LogP contribution in [0.15, 0.2) is 23.7 Å². The van der Waals surface area contributed by atoms with E-state index < -0.39 is 0 Å². The van der Waals surface area contributed by atoms with Crippen LogP contribution < -0.4 is 10.1 Å². The molecule has 0 aliphatic heterocycles. The SMILES string of the molecule is CCCNCc1ccc(OCc2nc(C)cs2)cn1. The van der Waals surface area contributed by atoms with Crippen LogP contribution in [0.1, 0.15) is 29.7 Å². The van der Waals surface area contributed by atoms with Crippen molar-refractivity contribution in [2.24, 2.45) is 0 Å². The Morgan fingerprint density at radius 3 is 2.89 bits per heavy atom. The van der Waals surface area contributed by atoms with E-state index in [9.17, 15) is 0 Å². The summed E-state index contributed by atoms with van der Waals surface area (Å²) < 4.78 is 5.65. The monoisotopic (exact) mass is 277 g/mol. The highest BCUT2D eigenvalue weighted by Crippen LogP contribution is 2.14. The van der Waals surface area contributed by atoms with E-state index in [0.29, 0.717) is 6.61 Å². The topological polar surface area (TPSA) is 47.0 Å². The van der Waals surface area contributed by atoms with Crippen LogP contribution in [-0.4, -0.2) is 16.5 Å². The van der Waals surface area contributed by atoms with E-state index in [0.717, 1.165) is 41.7 Å². The summed E-state index contributed by atoms with van der Waals surface area (Å²) in [6.45, 7) is 6.47. The predicted octanol–water partition coefficient (Wildman–Crippen LogP) is 2.93. The molecule has 0 radical (unpaired) electrons. The third kappa shape index (κ3) is 4.61. The summed E-state index contributed by atoms with van der Waals surface area (Å²) in [6.07, 6.45) is 2.90. The van der Waals surface area contributed by atoms with Crippen molar-refractivity contribution in [1.82, 2.24) is 15.3 Å². The molecule has 0 atom stereocenters. The van der Waals surface area contributed by atoms with Gasteiger partial charge in [0.15, 0.2) is 0 Å². The fraction of sp³-hybridized carbons (Fsp3) is 0.429. The number of aryl methyl sites for hydroxylation is 1. The summed E-state index contributed by atoms with van der Waals surface area (Å²) in [5, 5.41) is 6.34. The first-order valence-corrected chi connectivity index (χ1v) is 7.35. The highest BCUT2D eigenvalue weighted by atomic mass is 32.1. The van der Waals surface area contributed by atoms with Crippen molar-refractivity contribution in [3.8, 4) is 5.75 Å². The van der Waals surface area contributed by atoms with Gasteiger partial charge >= 0.3 is 0 Å². The number of nitrogens with one attached hydrogen (secondary N) is 1. The molecule has 0 aliphatic rings. The molecule has 102 valence electrons. The van der Waals surface area contributed by atoms with Crippen molar-refractivity contribution in [3.63, 3.8) is 0 Å². The first-order chi connectivity index (χ1) is 9.28. The minimum Gasteiger partial charge on any atom is -0.485 e. The third-order valence-electron chi connectivity index (χ3n) is 2.56. The lowest BCUT2D eigenvalue weighted by molar-refractivity contribution is 0.304. The van der Waals surface area contributed by atoms with Gasteiger partial charge in [-0.05, 0) is 32.0 Å². The second-order valence-electron chi connectivity index (χ2n) is 4.33. The first kappa shape index (κ1) is 14.0. The Labute approximate surface area is 117 Å². The molecule has 0 unspecified atom stereocenters. The smallest absolute Gasteiger partial charge is 0.140 e. The van der Waals surface area contributed by atoms with Crippen molar-refractivity contribution in [2.45, 2.75) is 33.4 Å². The minimum absolute atomic E-state index is 0.508. The molecular weight excluding hydrogens is 258 g/mol. The third-order valence-corrected chi connectivity index (χ3v) is 3.50. The summed E-state index contributed by atoms with van der Waals surface area (Å²) >= 11 is 1.62. The molecule has 2 aromatic rings. The molecule has 2 heterocycles. The van der Waals surface area contributed by atoms with Gasteiger partial charge in [-0.2, -0.15) is 0 Å². The number of rotatable bonds is 7. The molecule has 2 aromatic heterocycles. The number of hydrogen-bond donors (Lipinski definition) is 1. The van der Waals surface area contributed by atoms with E-state index >= 15 is 0 Å². The Kier molecular flexibility index (Phi) is 5.30. The van der Waals surface area contributed by atoms with Gasteiger partial charge in [0.25, 0.3) is 0 Å². The van der Waals surface area contributed by atoms with Gasteiger partial charge in [-0.15, -0.1) is 11.3 Å². The number of thiazole rings is 1.